The van der Waals surface area contributed by atoms with E-state index >= 15 is 0 Å². The van der Waals surface area contributed by atoms with Gasteiger partial charge in [-0.3, -0.25) is 4.79 Å². The van der Waals surface area contributed by atoms with E-state index in [1.165, 1.54) is 13.2 Å². The summed E-state index contributed by atoms with van der Waals surface area (Å²) in [6.45, 7) is -0.234. The zero-order valence-corrected chi connectivity index (χ0v) is 9.95. The van der Waals surface area contributed by atoms with Gasteiger partial charge in [0, 0.05) is 0 Å². The maximum Gasteiger partial charge on any atom is 0.420 e. The highest BCUT2D eigenvalue weighted by molar-refractivity contribution is 5.69. The van der Waals surface area contributed by atoms with Crippen LogP contribution in [0.4, 0.5) is 13.2 Å². The third-order valence-corrected chi connectivity index (χ3v) is 2.21. The molecule has 0 unspecified atom stereocenters. The molecule has 1 aromatic rings. The molecule has 0 saturated carbocycles. The fourth-order valence-corrected chi connectivity index (χ4v) is 1.29. The Bertz CT molecular complexity index is 506. The molecule has 0 radical (unpaired) electrons. The van der Waals surface area contributed by atoms with Crippen molar-refractivity contribution >= 4 is 5.97 Å². The summed E-state index contributed by atoms with van der Waals surface area (Å²) in [6, 6.07) is 4.59. The first-order valence-electron chi connectivity index (χ1n) is 5.19. The lowest BCUT2D eigenvalue weighted by Gasteiger charge is -2.13. The summed E-state index contributed by atoms with van der Waals surface area (Å²) in [6.07, 6.45) is -4.79. The molecular formula is C12H10F3NO3. The summed E-state index contributed by atoms with van der Waals surface area (Å²) in [7, 11) is 1.17. The summed E-state index contributed by atoms with van der Waals surface area (Å²) in [4.78, 5) is 10.8. The molecule has 0 aliphatic heterocycles. The summed E-state index contributed by atoms with van der Waals surface area (Å²) in [5.74, 6) is -1.00. The fourth-order valence-electron chi connectivity index (χ4n) is 1.29. The van der Waals surface area contributed by atoms with Crippen LogP contribution in [0.2, 0.25) is 0 Å². The first-order valence-corrected chi connectivity index (χ1v) is 5.19. The van der Waals surface area contributed by atoms with Crippen LogP contribution >= 0.6 is 0 Å². The van der Waals surface area contributed by atoms with Crippen LogP contribution in [-0.4, -0.2) is 19.7 Å². The number of nitriles is 1. The Hall–Kier alpha value is -2.23. The van der Waals surface area contributed by atoms with E-state index in [1.807, 2.05) is 0 Å². The summed E-state index contributed by atoms with van der Waals surface area (Å²) < 4.78 is 47.5. The number of nitrogens with zero attached hydrogens (tertiary/aromatic N) is 1. The van der Waals surface area contributed by atoms with E-state index in [1.54, 1.807) is 6.07 Å². The first-order chi connectivity index (χ1) is 8.88. The number of carbonyl (C=O) groups is 1. The van der Waals surface area contributed by atoms with Crippen molar-refractivity contribution in [2.24, 2.45) is 0 Å². The Morgan fingerprint density at radius 1 is 1.42 bits per heavy atom. The molecular weight excluding hydrogens is 263 g/mol. The van der Waals surface area contributed by atoms with Gasteiger partial charge in [-0.15, -0.1) is 0 Å². The fraction of sp³-hybridized carbons (Fsp3) is 0.333. The Morgan fingerprint density at radius 3 is 2.63 bits per heavy atom. The predicted molar refractivity (Wildman–Crippen MR) is 58.3 cm³/mol. The van der Waals surface area contributed by atoms with E-state index in [0.29, 0.717) is 6.07 Å². The van der Waals surface area contributed by atoms with Gasteiger partial charge in [-0.05, 0) is 18.2 Å². The smallest absolute Gasteiger partial charge is 0.420 e. The van der Waals surface area contributed by atoms with E-state index < -0.39 is 23.5 Å². The minimum absolute atomic E-state index is 0.118. The maximum absolute atomic E-state index is 12.7. The van der Waals surface area contributed by atoms with Crippen LogP contribution in [0.25, 0.3) is 0 Å². The lowest BCUT2D eigenvalue weighted by Crippen LogP contribution is -2.12. The summed E-state index contributed by atoms with van der Waals surface area (Å²) in [5, 5.41) is 8.58. The molecule has 0 aliphatic rings. The van der Waals surface area contributed by atoms with Crippen molar-refractivity contribution in [1.29, 1.82) is 5.26 Å². The molecule has 0 amide bonds. The van der Waals surface area contributed by atoms with Gasteiger partial charge in [-0.1, -0.05) is 0 Å². The van der Waals surface area contributed by atoms with Gasteiger partial charge >= 0.3 is 12.1 Å². The van der Waals surface area contributed by atoms with Gasteiger partial charge < -0.3 is 9.47 Å². The van der Waals surface area contributed by atoms with Crippen LogP contribution < -0.4 is 4.74 Å². The Morgan fingerprint density at radius 2 is 2.11 bits per heavy atom. The third-order valence-electron chi connectivity index (χ3n) is 2.21. The van der Waals surface area contributed by atoms with E-state index in [-0.39, 0.29) is 18.6 Å². The Balaban J connectivity index is 2.89. The van der Waals surface area contributed by atoms with Crippen molar-refractivity contribution in [1.82, 2.24) is 0 Å². The quantitative estimate of drug-likeness (QED) is 0.791. The normalized spacial score (nSPS) is 10.7. The molecule has 1 rings (SSSR count). The number of hydrogen-bond donors (Lipinski definition) is 0. The Kier molecular flexibility index (Phi) is 4.75. The van der Waals surface area contributed by atoms with Gasteiger partial charge in [-0.25, -0.2) is 0 Å². The van der Waals surface area contributed by atoms with Gasteiger partial charge in [0.15, 0.2) is 0 Å². The molecule has 0 aromatic heterocycles. The minimum atomic E-state index is -4.63. The van der Waals surface area contributed by atoms with Crippen molar-refractivity contribution in [2.45, 2.75) is 12.6 Å². The van der Waals surface area contributed by atoms with Crippen LogP contribution in [-0.2, 0) is 15.7 Å². The molecule has 0 fully saturated rings. The molecule has 0 bridgehead atoms. The zero-order chi connectivity index (χ0) is 14.5. The Labute approximate surface area is 107 Å². The molecule has 19 heavy (non-hydrogen) atoms. The number of methoxy groups -OCH3 is 1. The van der Waals surface area contributed by atoms with Gasteiger partial charge in [0.2, 0.25) is 0 Å². The molecule has 0 N–H and O–H groups in total. The zero-order valence-electron chi connectivity index (χ0n) is 9.95. The standard InChI is InChI=1S/C12H10F3NO3/c1-18-11(17)4-5-19-10-3-2-8(7-16)6-9(10)12(13,14)15/h2-3,6H,4-5H2,1H3. The number of carbonyl (C=O) groups excluding carboxylic acids is 1. The number of alkyl halides is 3. The molecule has 0 spiro atoms. The van der Waals surface area contributed by atoms with Crippen molar-refractivity contribution < 1.29 is 27.4 Å². The average molecular weight is 273 g/mol. The van der Waals surface area contributed by atoms with Crippen LogP contribution in [0, 0.1) is 11.3 Å². The first kappa shape index (κ1) is 14.8. The maximum atomic E-state index is 12.7. The van der Waals surface area contributed by atoms with Crippen LogP contribution in [0.5, 0.6) is 5.75 Å². The highest BCUT2D eigenvalue weighted by atomic mass is 19.4. The number of esters is 1. The highest BCUT2D eigenvalue weighted by Crippen LogP contribution is 2.36. The number of halogens is 3. The average Bonchev–Trinajstić information content (AvgIpc) is 2.37. The number of rotatable bonds is 4. The van der Waals surface area contributed by atoms with Crippen molar-refractivity contribution in [3.05, 3.63) is 29.3 Å². The second kappa shape index (κ2) is 6.09. The lowest BCUT2D eigenvalue weighted by atomic mass is 10.1. The van der Waals surface area contributed by atoms with Crippen LogP contribution in [0.1, 0.15) is 17.5 Å². The largest absolute Gasteiger partial charge is 0.492 e. The SMILES string of the molecule is COC(=O)CCOc1ccc(C#N)cc1C(F)(F)F. The monoisotopic (exact) mass is 273 g/mol. The van der Waals surface area contributed by atoms with E-state index in [4.69, 9.17) is 10.00 Å². The van der Waals surface area contributed by atoms with Crippen molar-refractivity contribution in [3.63, 3.8) is 0 Å². The van der Waals surface area contributed by atoms with Gasteiger partial charge in [0.1, 0.15) is 5.75 Å². The van der Waals surface area contributed by atoms with Crippen LogP contribution in [0.15, 0.2) is 18.2 Å². The van der Waals surface area contributed by atoms with Gasteiger partial charge in [0.05, 0.1) is 37.3 Å². The number of benzene rings is 1. The lowest BCUT2D eigenvalue weighted by molar-refractivity contribution is -0.141. The second-order valence-corrected chi connectivity index (χ2v) is 3.50. The molecule has 1 aromatic carbocycles. The van der Waals surface area contributed by atoms with E-state index in [2.05, 4.69) is 4.74 Å². The third kappa shape index (κ3) is 4.17. The molecule has 0 atom stereocenters. The molecule has 4 nitrogen and oxygen atoms in total. The molecule has 102 valence electrons. The summed E-state index contributed by atoms with van der Waals surface area (Å²) in [5.41, 5.74) is -1.16. The van der Waals surface area contributed by atoms with Gasteiger partial charge in [0.25, 0.3) is 0 Å². The highest BCUT2D eigenvalue weighted by Gasteiger charge is 2.34. The van der Waals surface area contributed by atoms with Gasteiger partial charge in [-0.2, -0.15) is 18.4 Å². The van der Waals surface area contributed by atoms with Crippen LogP contribution in [0.3, 0.4) is 0 Å². The second-order valence-electron chi connectivity index (χ2n) is 3.50. The molecule has 7 heteroatoms. The van der Waals surface area contributed by atoms with Crippen molar-refractivity contribution in [3.8, 4) is 11.8 Å². The van der Waals surface area contributed by atoms with Crippen molar-refractivity contribution in [2.75, 3.05) is 13.7 Å². The number of ether oxygens (including phenoxy) is 2. The predicted octanol–water partition coefficient (Wildman–Crippen LogP) is 2.52. The number of hydrogen-bond acceptors (Lipinski definition) is 4. The molecule has 0 aliphatic carbocycles. The molecule has 0 heterocycles. The van der Waals surface area contributed by atoms with E-state index in [9.17, 15) is 18.0 Å². The summed E-state index contributed by atoms with van der Waals surface area (Å²) >= 11 is 0. The van der Waals surface area contributed by atoms with E-state index in [0.717, 1.165) is 6.07 Å². The molecule has 0 saturated heterocycles. The minimum Gasteiger partial charge on any atom is -0.492 e. The topological polar surface area (TPSA) is 59.3 Å².